The number of carboxylic acid groups (broad SMARTS) is 1. The van der Waals surface area contributed by atoms with E-state index in [0.717, 1.165) is 32.0 Å². The third-order valence-corrected chi connectivity index (χ3v) is 2.35. The molecule has 15 heavy (non-hydrogen) atoms. The van der Waals surface area contributed by atoms with Crippen LogP contribution in [0.1, 0.15) is 12.8 Å². The van der Waals surface area contributed by atoms with Crippen molar-refractivity contribution >= 4 is 5.97 Å². The smallest absolute Gasteiger partial charge is 0.329 e. The average Bonchev–Trinajstić information content (AvgIpc) is 2.25. The fourth-order valence-electron chi connectivity index (χ4n) is 1.58. The SMILES string of the molecule is O=C(O)/C=C/N1CCC(OCCO)CC1. The van der Waals surface area contributed by atoms with E-state index in [0.29, 0.717) is 6.61 Å². The van der Waals surface area contributed by atoms with Crippen molar-refractivity contribution in [2.45, 2.75) is 18.9 Å². The van der Waals surface area contributed by atoms with Gasteiger partial charge in [0.05, 0.1) is 19.3 Å². The number of aliphatic hydroxyl groups excluding tert-OH is 1. The van der Waals surface area contributed by atoms with Crippen LogP contribution in [-0.2, 0) is 9.53 Å². The van der Waals surface area contributed by atoms with E-state index in [4.69, 9.17) is 14.9 Å². The molecule has 1 rings (SSSR count). The van der Waals surface area contributed by atoms with Crippen LogP contribution in [0.5, 0.6) is 0 Å². The lowest BCUT2D eigenvalue weighted by Crippen LogP contribution is -2.34. The molecule has 0 atom stereocenters. The van der Waals surface area contributed by atoms with E-state index in [1.54, 1.807) is 6.20 Å². The summed E-state index contributed by atoms with van der Waals surface area (Å²) in [5.41, 5.74) is 0. The molecule has 0 unspecified atom stereocenters. The van der Waals surface area contributed by atoms with Gasteiger partial charge in [-0.1, -0.05) is 0 Å². The average molecular weight is 215 g/mol. The number of aliphatic carboxylic acids is 1. The molecule has 1 aliphatic rings. The number of piperidine rings is 1. The number of carboxylic acids is 1. The van der Waals surface area contributed by atoms with Crippen molar-refractivity contribution in [2.75, 3.05) is 26.3 Å². The fourth-order valence-corrected chi connectivity index (χ4v) is 1.58. The summed E-state index contributed by atoms with van der Waals surface area (Å²) in [6.07, 6.45) is 4.71. The third kappa shape index (κ3) is 4.80. The van der Waals surface area contributed by atoms with E-state index in [9.17, 15) is 4.79 Å². The Labute approximate surface area is 89.0 Å². The van der Waals surface area contributed by atoms with Crippen LogP contribution < -0.4 is 0 Å². The van der Waals surface area contributed by atoms with Crippen molar-refractivity contribution in [3.05, 3.63) is 12.3 Å². The molecule has 0 amide bonds. The van der Waals surface area contributed by atoms with Gasteiger partial charge in [-0.2, -0.15) is 0 Å². The number of hydrogen-bond donors (Lipinski definition) is 2. The summed E-state index contributed by atoms with van der Waals surface area (Å²) in [6, 6.07) is 0. The molecule has 1 heterocycles. The highest BCUT2D eigenvalue weighted by Crippen LogP contribution is 2.13. The first kappa shape index (κ1) is 12.0. The van der Waals surface area contributed by atoms with Gasteiger partial charge in [0, 0.05) is 25.4 Å². The van der Waals surface area contributed by atoms with Crippen LogP contribution in [0.25, 0.3) is 0 Å². The van der Waals surface area contributed by atoms with Gasteiger partial charge in [0.25, 0.3) is 0 Å². The Bertz CT molecular complexity index is 221. The Morgan fingerprint density at radius 2 is 2.13 bits per heavy atom. The zero-order valence-electron chi connectivity index (χ0n) is 8.63. The van der Waals surface area contributed by atoms with Gasteiger partial charge in [0.2, 0.25) is 0 Å². The highest BCUT2D eigenvalue weighted by molar-refractivity contribution is 5.79. The van der Waals surface area contributed by atoms with Crippen molar-refractivity contribution < 1.29 is 19.7 Å². The molecule has 0 spiro atoms. The zero-order chi connectivity index (χ0) is 11.1. The van der Waals surface area contributed by atoms with Crippen molar-refractivity contribution in [2.24, 2.45) is 0 Å². The largest absolute Gasteiger partial charge is 0.478 e. The number of ether oxygens (including phenoxy) is 1. The van der Waals surface area contributed by atoms with Crippen LogP contribution in [0.4, 0.5) is 0 Å². The summed E-state index contributed by atoms with van der Waals surface area (Å²) in [5, 5.41) is 17.0. The molecule has 0 radical (unpaired) electrons. The first-order chi connectivity index (χ1) is 7.22. The highest BCUT2D eigenvalue weighted by Gasteiger charge is 2.17. The third-order valence-electron chi connectivity index (χ3n) is 2.35. The molecule has 0 aromatic rings. The molecule has 86 valence electrons. The predicted octanol–water partition coefficient (Wildman–Crippen LogP) is 0.0580. The minimum absolute atomic E-state index is 0.0547. The fraction of sp³-hybridized carbons (Fsp3) is 0.700. The van der Waals surface area contributed by atoms with Gasteiger partial charge in [-0.05, 0) is 12.8 Å². The molecule has 0 bridgehead atoms. The summed E-state index contributed by atoms with van der Waals surface area (Å²) in [4.78, 5) is 12.2. The molecule has 0 aromatic heterocycles. The first-order valence-electron chi connectivity index (χ1n) is 5.10. The monoisotopic (exact) mass is 215 g/mol. The molecular formula is C10H17NO4. The highest BCUT2D eigenvalue weighted by atomic mass is 16.5. The molecule has 5 nitrogen and oxygen atoms in total. The first-order valence-corrected chi connectivity index (χ1v) is 5.10. The maximum absolute atomic E-state index is 10.3. The quantitative estimate of drug-likeness (QED) is 0.634. The minimum atomic E-state index is -0.923. The van der Waals surface area contributed by atoms with E-state index in [-0.39, 0.29) is 12.7 Å². The van der Waals surface area contributed by atoms with E-state index in [1.807, 2.05) is 4.90 Å². The maximum atomic E-state index is 10.3. The molecule has 1 fully saturated rings. The Hall–Kier alpha value is -1.07. The zero-order valence-corrected chi connectivity index (χ0v) is 8.63. The van der Waals surface area contributed by atoms with Crippen molar-refractivity contribution in [1.82, 2.24) is 4.90 Å². The van der Waals surface area contributed by atoms with Crippen molar-refractivity contribution in [3.63, 3.8) is 0 Å². The molecule has 5 heteroatoms. The number of nitrogens with zero attached hydrogens (tertiary/aromatic N) is 1. The van der Waals surface area contributed by atoms with Crippen LogP contribution in [0.15, 0.2) is 12.3 Å². The Morgan fingerprint density at radius 3 is 2.67 bits per heavy atom. The standard InChI is InChI=1S/C10H17NO4/c12-7-8-15-9-1-4-11(5-2-9)6-3-10(13)14/h3,6,9,12H,1-2,4-5,7-8H2,(H,13,14)/b6-3+. The molecule has 0 aromatic carbocycles. The second-order valence-corrected chi connectivity index (χ2v) is 3.48. The van der Waals surface area contributed by atoms with Gasteiger partial charge in [0.15, 0.2) is 0 Å². The number of hydrogen-bond acceptors (Lipinski definition) is 4. The number of aliphatic hydroxyl groups is 1. The lowest BCUT2D eigenvalue weighted by molar-refractivity contribution is -0.131. The van der Waals surface area contributed by atoms with E-state index < -0.39 is 5.97 Å². The lowest BCUT2D eigenvalue weighted by Gasteiger charge is -2.30. The Morgan fingerprint density at radius 1 is 1.47 bits per heavy atom. The maximum Gasteiger partial charge on any atom is 0.329 e. The summed E-state index contributed by atoms with van der Waals surface area (Å²) in [7, 11) is 0. The van der Waals surface area contributed by atoms with Crippen LogP contribution in [0.3, 0.4) is 0 Å². The van der Waals surface area contributed by atoms with Gasteiger partial charge in [-0.15, -0.1) is 0 Å². The van der Waals surface area contributed by atoms with Gasteiger partial charge >= 0.3 is 5.97 Å². The van der Waals surface area contributed by atoms with Gasteiger partial charge in [-0.25, -0.2) is 4.79 Å². The number of carbonyl (C=O) groups is 1. The van der Waals surface area contributed by atoms with Gasteiger partial charge < -0.3 is 19.8 Å². The molecule has 0 aliphatic carbocycles. The van der Waals surface area contributed by atoms with Crippen molar-refractivity contribution in [1.29, 1.82) is 0 Å². The number of rotatable bonds is 5. The molecule has 1 saturated heterocycles. The van der Waals surface area contributed by atoms with Crippen molar-refractivity contribution in [3.8, 4) is 0 Å². The normalized spacial score (nSPS) is 18.6. The van der Waals surface area contributed by atoms with E-state index in [1.165, 1.54) is 0 Å². The van der Waals surface area contributed by atoms with Gasteiger partial charge in [-0.3, -0.25) is 0 Å². The predicted molar refractivity (Wildman–Crippen MR) is 54.4 cm³/mol. The second-order valence-electron chi connectivity index (χ2n) is 3.48. The Balaban J connectivity index is 2.20. The topological polar surface area (TPSA) is 70.0 Å². The van der Waals surface area contributed by atoms with Crippen LogP contribution in [-0.4, -0.2) is 53.5 Å². The van der Waals surface area contributed by atoms with E-state index >= 15 is 0 Å². The minimum Gasteiger partial charge on any atom is -0.478 e. The Kier molecular flexibility index (Phi) is 5.14. The lowest BCUT2D eigenvalue weighted by atomic mass is 10.1. The molecule has 2 N–H and O–H groups in total. The molecule has 1 aliphatic heterocycles. The summed E-state index contributed by atoms with van der Waals surface area (Å²) in [5.74, 6) is -0.923. The van der Waals surface area contributed by atoms with E-state index in [2.05, 4.69) is 0 Å². The van der Waals surface area contributed by atoms with Crippen LogP contribution in [0.2, 0.25) is 0 Å². The molecular weight excluding hydrogens is 198 g/mol. The second kappa shape index (κ2) is 6.42. The van der Waals surface area contributed by atoms with Crippen LogP contribution in [0, 0.1) is 0 Å². The van der Waals surface area contributed by atoms with Gasteiger partial charge in [0.1, 0.15) is 0 Å². The summed E-state index contributed by atoms with van der Waals surface area (Å²) >= 11 is 0. The summed E-state index contributed by atoms with van der Waals surface area (Å²) in [6.45, 7) is 2.05. The number of likely N-dealkylation sites (tertiary alicyclic amines) is 1. The molecule has 0 saturated carbocycles. The van der Waals surface area contributed by atoms with Crippen LogP contribution >= 0.6 is 0 Å². The summed E-state index contributed by atoms with van der Waals surface area (Å²) < 4.78 is 5.39.